The maximum Gasteiger partial charge on any atom is 0.255 e. The fourth-order valence-electron chi connectivity index (χ4n) is 3.83. The lowest BCUT2D eigenvalue weighted by molar-refractivity contribution is 0.102. The number of phenols is 1. The zero-order valence-electron chi connectivity index (χ0n) is 18.8. The minimum absolute atomic E-state index is 0.0277. The topological polar surface area (TPSA) is 122 Å². The third kappa shape index (κ3) is 5.18. The second-order valence-corrected chi connectivity index (χ2v) is 9.89. The molecular formula is C24H26N4O5S. The van der Waals surface area contributed by atoms with Crippen LogP contribution < -0.4 is 10.1 Å². The molecule has 9 nitrogen and oxygen atoms in total. The van der Waals surface area contributed by atoms with Gasteiger partial charge in [-0.15, -0.1) is 0 Å². The third-order valence-corrected chi connectivity index (χ3v) is 7.54. The van der Waals surface area contributed by atoms with E-state index in [0.29, 0.717) is 30.2 Å². The van der Waals surface area contributed by atoms with Crippen molar-refractivity contribution in [2.24, 2.45) is 0 Å². The van der Waals surface area contributed by atoms with Crippen molar-refractivity contribution >= 4 is 21.6 Å². The number of hydrogen-bond donors (Lipinski definition) is 2. The van der Waals surface area contributed by atoms with Crippen molar-refractivity contribution in [3.63, 3.8) is 0 Å². The van der Waals surface area contributed by atoms with E-state index in [0.717, 1.165) is 25.7 Å². The standard InChI is InChI=1S/C24H26N4O5S/c1-33-21-10-9-18(14-22(21)34(31,32)28-11-4-2-3-5-12-28)24(30)27-19-15-25-23(26-16-19)17-7-6-8-20(29)13-17/h6-10,13-16,29H,2-5,11-12H2,1H3,(H,27,30). The van der Waals surface area contributed by atoms with Crippen LogP contribution in [0, 0.1) is 0 Å². The van der Waals surface area contributed by atoms with E-state index in [2.05, 4.69) is 15.3 Å². The number of nitrogens with zero attached hydrogens (tertiary/aromatic N) is 3. The fourth-order valence-corrected chi connectivity index (χ4v) is 5.53. The van der Waals surface area contributed by atoms with Gasteiger partial charge in [0.05, 0.1) is 25.2 Å². The van der Waals surface area contributed by atoms with Crippen LogP contribution in [-0.4, -0.2) is 53.9 Å². The number of nitrogens with one attached hydrogen (secondary N) is 1. The van der Waals surface area contributed by atoms with Crippen molar-refractivity contribution in [2.45, 2.75) is 30.6 Å². The number of aromatic nitrogens is 2. The zero-order valence-corrected chi connectivity index (χ0v) is 19.6. The normalized spacial score (nSPS) is 14.9. The van der Waals surface area contributed by atoms with E-state index in [-0.39, 0.29) is 22.0 Å². The van der Waals surface area contributed by atoms with E-state index in [1.54, 1.807) is 18.2 Å². The first-order chi connectivity index (χ1) is 16.4. The van der Waals surface area contributed by atoms with Crippen LogP contribution >= 0.6 is 0 Å². The van der Waals surface area contributed by atoms with Crippen molar-refractivity contribution in [3.05, 3.63) is 60.4 Å². The van der Waals surface area contributed by atoms with Gasteiger partial charge >= 0.3 is 0 Å². The van der Waals surface area contributed by atoms with Gasteiger partial charge in [0.25, 0.3) is 5.91 Å². The Hall–Kier alpha value is -3.50. The Balaban J connectivity index is 1.55. The SMILES string of the molecule is COc1ccc(C(=O)Nc2cnc(-c3cccc(O)c3)nc2)cc1S(=O)(=O)N1CCCCCC1. The maximum absolute atomic E-state index is 13.3. The summed E-state index contributed by atoms with van der Waals surface area (Å²) in [5.74, 6) is 0.191. The predicted molar refractivity (Wildman–Crippen MR) is 127 cm³/mol. The summed E-state index contributed by atoms with van der Waals surface area (Å²) in [5.41, 5.74) is 1.16. The molecule has 3 aromatic rings. The average molecular weight is 483 g/mol. The Kier molecular flexibility index (Phi) is 7.09. The lowest BCUT2D eigenvalue weighted by Gasteiger charge is -2.21. The predicted octanol–water partition coefficient (Wildman–Crippen LogP) is 3.67. The number of methoxy groups -OCH3 is 1. The largest absolute Gasteiger partial charge is 0.508 e. The highest BCUT2D eigenvalue weighted by Crippen LogP contribution is 2.30. The van der Waals surface area contributed by atoms with Crippen molar-refractivity contribution in [1.29, 1.82) is 0 Å². The molecule has 2 heterocycles. The van der Waals surface area contributed by atoms with Crippen LogP contribution in [0.4, 0.5) is 5.69 Å². The number of hydrogen-bond acceptors (Lipinski definition) is 7. The molecule has 1 aromatic heterocycles. The van der Waals surface area contributed by atoms with Gasteiger partial charge in [-0.1, -0.05) is 25.0 Å². The lowest BCUT2D eigenvalue weighted by Crippen LogP contribution is -2.32. The third-order valence-electron chi connectivity index (χ3n) is 5.62. The molecule has 10 heteroatoms. The minimum Gasteiger partial charge on any atom is -0.508 e. The summed E-state index contributed by atoms with van der Waals surface area (Å²) in [4.78, 5) is 21.3. The molecule has 1 amide bonds. The van der Waals surface area contributed by atoms with E-state index in [9.17, 15) is 18.3 Å². The number of phenolic OH excluding ortho intramolecular Hbond substituents is 1. The highest BCUT2D eigenvalue weighted by molar-refractivity contribution is 7.89. The monoisotopic (exact) mass is 482 g/mol. The maximum atomic E-state index is 13.3. The van der Waals surface area contributed by atoms with Gasteiger partial charge in [0.1, 0.15) is 16.4 Å². The highest BCUT2D eigenvalue weighted by atomic mass is 32.2. The van der Waals surface area contributed by atoms with E-state index < -0.39 is 15.9 Å². The number of benzene rings is 2. The molecule has 2 aromatic carbocycles. The summed E-state index contributed by atoms with van der Waals surface area (Å²) < 4.78 is 33.4. The fraction of sp³-hybridized carbons (Fsp3) is 0.292. The molecule has 0 aliphatic carbocycles. The highest BCUT2D eigenvalue weighted by Gasteiger charge is 2.29. The van der Waals surface area contributed by atoms with Gasteiger partial charge in [0, 0.05) is 24.2 Å². The number of sulfonamides is 1. The van der Waals surface area contributed by atoms with Crippen LogP contribution in [0.25, 0.3) is 11.4 Å². The zero-order chi connectivity index (χ0) is 24.1. The van der Waals surface area contributed by atoms with Gasteiger partial charge in [-0.25, -0.2) is 18.4 Å². The molecule has 1 fully saturated rings. The van der Waals surface area contributed by atoms with E-state index >= 15 is 0 Å². The van der Waals surface area contributed by atoms with Gasteiger partial charge < -0.3 is 15.2 Å². The molecule has 4 rings (SSSR count). The lowest BCUT2D eigenvalue weighted by atomic mass is 10.2. The molecular weight excluding hydrogens is 456 g/mol. The Morgan fingerprint density at radius 1 is 1.03 bits per heavy atom. The first-order valence-corrected chi connectivity index (χ1v) is 12.4. The van der Waals surface area contributed by atoms with Crippen molar-refractivity contribution in [3.8, 4) is 22.9 Å². The van der Waals surface area contributed by atoms with Crippen molar-refractivity contribution < 1.29 is 23.1 Å². The summed E-state index contributed by atoms with van der Waals surface area (Å²) in [6.07, 6.45) is 6.50. The van der Waals surface area contributed by atoms with Gasteiger partial charge in [0.2, 0.25) is 10.0 Å². The second kappa shape index (κ2) is 10.2. The van der Waals surface area contributed by atoms with Crippen LogP contribution in [0.1, 0.15) is 36.0 Å². The van der Waals surface area contributed by atoms with Gasteiger partial charge in [-0.05, 0) is 43.2 Å². The van der Waals surface area contributed by atoms with Gasteiger partial charge in [0.15, 0.2) is 5.82 Å². The Morgan fingerprint density at radius 3 is 2.38 bits per heavy atom. The molecule has 0 unspecified atom stereocenters. The molecule has 1 aliphatic rings. The van der Waals surface area contributed by atoms with Crippen LogP contribution in [0.2, 0.25) is 0 Å². The number of ether oxygens (including phenoxy) is 1. The molecule has 34 heavy (non-hydrogen) atoms. The summed E-state index contributed by atoms with van der Waals surface area (Å²) in [6.45, 7) is 0.898. The summed E-state index contributed by atoms with van der Waals surface area (Å²) >= 11 is 0. The summed E-state index contributed by atoms with van der Waals surface area (Å²) in [7, 11) is -2.41. The van der Waals surface area contributed by atoms with Crippen LogP contribution in [-0.2, 0) is 10.0 Å². The van der Waals surface area contributed by atoms with Crippen LogP contribution in [0.5, 0.6) is 11.5 Å². The second-order valence-electron chi connectivity index (χ2n) is 7.98. The van der Waals surface area contributed by atoms with Crippen LogP contribution in [0.15, 0.2) is 59.8 Å². The molecule has 0 radical (unpaired) electrons. The smallest absolute Gasteiger partial charge is 0.255 e. The molecule has 0 bridgehead atoms. The molecule has 0 spiro atoms. The molecule has 0 atom stereocenters. The van der Waals surface area contributed by atoms with Crippen molar-refractivity contribution in [2.75, 3.05) is 25.5 Å². The van der Waals surface area contributed by atoms with Crippen molar-refractivity contribution in [1.82, 2.24) is 14.3 Å². The molecule has 0 saturated carbocycles. The number of carbonyl (C=O) groups is 1. The summed E-state index contributed by atoms with van der Waals surface area (Å²) in [5, 5.41) is 12.3. The molecule has 2 N–H and O–H groups in total. The van der Waals surface area contributed by atoms with E-state index in [1.807, 2.05) is 0 Å². The Morgan fingerprint density at radius 2 is 1.74 bits per heavy atom. The Labute approximate surface area is 198 Å². The molecule has 178 valence electrons. The van der Waals surface area contributed by atoms with Gasteiger partial charge in [-0.3, -0.25) is 4.79 Å². The number of rotatable bonds is 6. The molecule has 1 saturated heterocycles. The number of anilines is 1. The quantitative estimate of drug-likeness (QED) is 0.550. The number of amides is 1. The average Bonchev–Trinajstić information content (AvgIpc) is 3.14. The Bertz CT molecular complexity index is 1270. The van der Waals surface area contributed by atoms with Crippen LogP contribution in [0.3, 0.4) is 0 Å². The molecule has 1 aliphatic heterocycles. The number of carbonyl (C=O) groups excluding carboxylic acids is 1. The van der Waals surface area contributed by atoms with E-state index in [4.69, 9.17) is 4.74 Å². The van der Waals surface area contributed by atoms with E-state index in [1.165, 1.54) is 48.1 Å². The first-order valence-electron chi connectivity index (χ1n) is 11.0. The summed E-state index contributed by atoms with van der Waals surface area (Å²) in [6, 6.07) is 10.9. The number of aromatic hydroxyl groups is 1. The minimum atomic E-state index is -3.81. The first kappa shape index (κ1) is 23.7. The van der Waals surface area contributed by atoms with Gasteiger partial charge in [-0.2, -0.15) is 4.31 Å².